The second-order valence-corrected chi connectivity index (χ2v) is 10.7. The second-order valence-electron chi connectivity index (χ2n) is 10.7. The van der Waals surface area contributed by atoms with E-state index in [1.165, 1.54) is 0 Å². The predicted octanol–water partition coefficient (Wildman–Crippen LogP) is 4.76. The van der Waals surface area contributed by atoms with Crippen molar-refractivity contribution in [2.24, 2.45) is 0 Å². The van der Waals surface area contributed by atoms with Crippen LogP contribution in [0.1, 0.15) is 57.4 Å². The number of methoxy groups -OCH3 is 1. The van der Waals surface area contributed by atoms with Crippen molar-refractivity contribution in [3.63, 3.8) is 0 Å². The van der Waals surface area contributed by atoms with Gasteiger partial charge in [-0.05, 0) is 69.3 Å². The maximum absolute atomic E-state index is 13.3. The van der Waals surface area contributed by atoms with Crippen molar-refractivity contribution in [1.29, 1.82) is 0 Å². The number of Topliss-reactive ketones (excluding diaryl/α,β-unsaturated/α-hetero) is 1. The summed E-state index contributed by atoms with van der Waals surface area (Å²) in [6.07, 6.45) is 0.0219. The Morgan fingerprint density at radius 2 is 1.72 bits per heavy atom. The van der Waals surface area contributed by atoms with Crippen molar-refractivity contribution >= 4 is 17.4 Å². The molecule has 0 saturated carbocycles. The summed E-state index contributed by atoms with van der Waals surface area (Å²) in [6.45, 7) is 11.0. The number of carbonyl (C=O) groups is 2. The first-order valence-corrected chi connectivity index (χ1v) is 12.2. The predicted molar refractivity (Wildman–Crippen MR) is 141 cm³/mol. The third-order valence-electron chi connectivity index (χ3n) is 6.18. The van der Waals surface area contributed by atoms with Crippen LogP contribution in [-0.2, 0) is 15.0 Å². The van der Waals surface area contributed by atoms with Gasteiger partial charge in [-0.3, -0.25) is 9.59 Å². The van der Waals surface area contributed by atoms with Crippen molar-refractivity contribution in [3.05, 3.63) is 64.7 Å². The van der Waals surface area contributed by atoms with Crippen molar-refractivity contribution in [2.75, 3.05) is 34.3 Å². The summed E-state index contributed by atoms with van der Waals surface area (Å²) in [5, 5.41) is 11.5. The molecule has 2 aromatic rings. The smallest absolute Gasteiger partial charge is 0.295 e. The van der Waals surface area contributed by atoms with Gasteiger partial charge in [0.2, 0.25) is 0 Å². The molecule has 1 aliphatic rings. The minimum Gasteiger partial charge on any atom is -0.507 e. The normalized spacial score (nSPS) is 17.8. The number of amides is 1. The maximum atomic E-state index is 13.3. The third-order valence-corrected chi connectivity index (χ3v) is 6.18. The van der Waals surface area contributed by atoms with Crippen LogP contribution in [0.5, 0.6) is 11.5 Å². The zero-order chi connectivity index (χ0) is 26.8. The van der Waals surface area contributed by atoms with Crippen LogP contribution in [-0.4, -0.2) is 67.0 Å². The van der Waals surface area contributed by atoms with Gasteiger partial charge in [-0.15, -0.1) is 0 Å². The Morgan fingerprint density at radius 1 is 1.08 bits per heavy atom. The van der Waals surface area contributed by atoms with Crippen molar-refractivity contribution in [1.82, 2.24) is 9.80 Å². The number of nitrogens with zero attached hydrogens (tertiary/aromatic N) is 2. The molecule has 7 heteroatoms. The van der Waals surface area contributed by atoms with E-state index in [0.29, 0.717) is 30.2 Å². The number of carbonyl (C=O) groups excluding carboxylic acids is 2. The largest absolute Gasteiger partial charge is 0.507 e. The van der Waals surface area contributed by atoms with E-state index in [0.717, 1.165) is 11.1 Å². The number of aliphatic hydroxyl groups excluding tert-OH is 1. The first-order chi connectivity index (χ1) is 16.8. The molecule has 36 heavy (non-hydrogen) atoms. The molecule has 0 aliphatic carbocycles. The molecule has 3 rings (SSSR count). The van der Waals surface area contributed by atoms with Gasteiger partial charge in [-0.25, -0.2) is 0 Å². The van der Waals surface area contributed by atoms with Gasteiger partial charge in [0, 0.05) is 24.2 Å². The fourth-order valence-electron chi connectivity index (χ4n) is 4.36. The summed E-state index contributed by atoms with van der Waals surface area (Å²) in [5.41, 5.74) is 1.92. The average molecular weight is 495 g/mol. The van der Waals surface area contributed by atoms with E-state index < -0.39 is 17.7 Å². The number of benzene rings is 2. The topological polar surface area (TPSA) is 79.3 Å². The highest BCUT2D eigenvalue weighted by Gasteiger charge is 2.46. The summed E-state index contributed by atoms with van der Waals surface area (Å²) in [5.74, 6) is -0.101. The number of ketones is 1. The van der Waals surface area contributed by atoms with E-state index >= 15 is 0 Å². The Kier molecular flexibility index (Phi) is 8.14. The van der Waals surface area contributed by atoms with Crippen LogP contribution in [0, 0.1) is 0 Å². The van der Waals surface area contributed by atoms with Crippen LogP contribution in [0.3, 0.4) is 0 Å². The molecule has 1 saturated heterocycles. The van der Waals surface area contributed by atoms with Gasteiger partial charge >= 0.3 is 0 Å². The molecule has 1 heterocycles. The summed E-state index contributed by atoms with van der Waals surface area (Å²) in [6, 6.07) is 12.0. The highest BCUT2D eigenvalue weighted by Crippen LogP contribution is 2.41. The Morgan fingerprint density at radius 3 is 2.25 bits per heavy atom. The van der Waals surface area contributed by atoms with Crippen LogP contribution >= 0.6 is 0 Å². The highest BCUT2D eigenvalue weighted by molar-refractivity contribution is 6.46. The molecule has 1 N–H and O–H groups in total. The van der Waals surface area contributed by atoms with Crippen LogP contribution in [0.4, 0.5) is 0 Å². The van der Waals surface area contributed by atoms with E-state index in [2.05, 4.69) is 20.8 Å². The Hall–Kier alpha value is -3.32. The quantitative estimate of drug-likeness (QED) is 0.324. The molecule has 7 nitrogen and oxygen atoms in total. The minimum absolute atomic E-state index is 0.0219. The number of hydrogen-bond acceptors (Lipinski definition) is 6. The number of ether oxygens (including phenoxy) is 2. The van der Waals surface area contributed by atoms with Crippen molar-refractivity contribution in [3.8, 4) is 11.5 Å². The standard InChI is InChI=1S/C29H38N2O5/c1-18(2)36-21-12-9-19(10-13-21)25-24(27(33)28(34)31(25)16-15-30(6)7)26(32)20-11-14-23(35-8)22(17-20)29(3,4)5/h9-14,17-18,25,32H,15-16H2,1-8H3/b26-24-. The number of aliphatic hydroxyl groups is 1. The Labute approximate surface area is 214 Å². The highest BCUT2D eigenvalue weighted by atomic mass is 16.5. The summed E-state index contributed by atoms with van der Waals surface area (Å²) < 4.78 is 11.3. The monoisotopic (exact) mass is 494 g/mol. The van der Waals surface area contributed by atoms with E-state index in [1.807, 2.05) is 63.2 Å². The Balaban J connectivity index is 2.16. The Bertz CT molecular complexity index is 1140. The van der Waals surface area contributed by atoms with Gasteiger partial charge in [0.25, 0.3) is 11.7 Å². The van der Waals surface area contributed by atoms with Crippen LogP contribution < -0.4 is 9.47 Å². The molecular weight excluding hydrogens is 456 g/mol. The lowest BCUT2D eigenvalue weighted by Crippen LogP contribution is -2.35. The van der Waals surface area contributed by atoms with E-state index in [1.54, 1.807) is 24.1 Å². The lowest BCUT2D eigenvalue weighted by Gasteiger charge is -2.27. The average Bonchev–Trinajstić information content (AvgIpc) is 3.06. The van der Waals surface area contributed by atoms with E-state index in [-0.39, 0.29) is 22.9 Å². The van der Waals surface area contributed by atoms with Gasteiger partial charge in [0.1, 0.15) is 17.3 Å². The summed E-state index contributed by atoms with van der Waals surface area (Å²) in [7, 11) is 5.43. The van der Waals surface area contributed by atoms with Gasteiger partial charge in [-0.1, -0.05) is 32.9 Å². The molecule has 0 aromatic heterocycles. The first kappa shape index (κ1) is 27.3. The number of hydrogen-bond donors (Lipinski definition) is 1. The molecule has 0 bridgehead atoms. The number of rotatable bonds is 8. The number of likely N-dealkylation sites (tertiary alicyclic amines) is 1. The number of likely N-dealkylation sites (N-methyl/N-ethyl adjacent to an activating group) is 1. The lowest BCUT2D eigenvalue weighted by molar-refractivity contribution is -0.140. The van der Waals surface area contributed by atoms with Gasteiger partial charge in [0.05, 0.1) is 24.8 Å². The van der Waals surface area contributed by atoms with Crippen molar-refractivity contribution in [2.45, 2.75) is 52.2 Å². The van der Waals surface area contributed by atoms with Crippen LogP contribution in [0.25, 0.3) is 5.76 Å². The van der Waals surface area contributed by atoms with E-state index in [4.69, 9.17) is 9.47 Å². The molecule has 0 radical (unpaired) electrons. The van der Waals surface area contributed by atoms with Crippen LogP contribution in [0.15, 0.2) is 48.0 Å². The molecule has 194 valence electrons. The van der Waals surface area contributed by atoms with Gasteiger partial charge in [-0.2, -0.15) is 0 Å². The zero-order valence-corrected chi connectivity index (χ0v) is 22.6. The van der Waals surface area contributed by atoms with Crippen LogP contribution in [0.2, 0.25) is 0 Å². The molecule has 1 unspecified atom stereocenters. The zero-order valence-electron chi connectivity index (χ0n) is 22.6. The lowest BCUT2D eigenvalue weighted by atomic mass is 9.84. The molecule has 0 spiro atoms. The summed E-state index contributed by atoms with van der Waals surface area (Å²) in [4.78, 5) is 30.0. The maximum Gasteiger partial charge on any atom is 0.295 e. The molecule has 1 atom stereocenters. The van der Waals surface area contributed by atoms with E-state index in [9.17, 15) is 14.7 Å². The summed E-state index contributed by atoms with van der Waals surface area (Å²) >= 11 is 0. The minimum atomic E-state index is -0.710. The fourth-order valence-corrected chi connectivity index (χ4v) is 4.36. The van der Waals surface area contributed by atoms with Gasteiger partial charge in [0.15, 0.2) is 0 Å². The molecule has 1 amide bonds. The van der Waals surface area contributed by atoms with Crippen molar-refractivity contribution < 1.29 is 24.2 Å². The molecular formula is C29H38N2O5. The molecule has 1 aliphatic heterocycles. The fraction of sp³-hybridized carbons (Fsp3) is 0.448. The molecule has 2 aromatic carbocycles. The molecule has 1 fully saturated rings. The second kappa shape index (κ2) is 10.7. The van der Waals surface area contributed by atoms with Gasteiger partial charge < -0.3 is 24.4 Å². The third kappa shape index (κ3) is 5.73. The first-order valence-electron chi connectivity index (χ1n) is 12.2. The SMILES string of the molecule is COc1ccc(/C(O)=C2/C(=O)C(=O)N(CCN(C)C)C2c2ccc(OC(C)C)cc2)cc1C(C)(C)C.